The number of amides is 1. The summed E-state index contributed by atoms with van der Waals surface area (Å²) < 4.78 is 26.1. The molecule has 6 heteroatoms. The smallest absolute Gasteiger partial charge is 0.246 e. The van der Waals surface area contributed by atoms with Crippen LogP contribution in [0.5, 0.6) is 0 Å². The van der Waals surface area contributed by atoms with Crippen LogP contribution in [0.3, 0.4) is 0 Å². The molecule has 0 aliphatic carbocycles. The Labute approximate surface area is 145 Å². The molecule has 1 amide bonds. The molecule has 134 valence electrons. The van der Waals surface area contributed by atoms with E-state index in [1.54, 1.807) is 12.1 Å². The zero-order valence-electron chi connectivity index (χ0n) is 14.9. The van der Waals surface area contributed by atoms with Crippen LogP contribution in [-0.4, -0.2) is 44.6 Å². The van der Waals surface area contributed by atoms with Crippen molar-refractivity contribution in [1.29, 1.82) is 0 Å². The van der Waals surface area contributed by atoms with Gasteiger partial charge in [0.15, 0.2) is 0 Å². The van der Waals surface area contributed by atoms with Crippen molar-refractivity contribution in [1.82, 2.24) is 4.90 Å². The minimum absolute atomic E-state index is 0.0783. The number of benzene rings is 1. The van der Waals surface area contributed by atoms with Crippen molar-refractivity contribution < 1.29 is 13.2 Å². The zero-order chi connectivity index (χ0) is 17.7. The van der Waals surface area contributed by atoms with Gasteiger partial charge in [-0.25, -0.2) is 8.42 Å². The van der Waals surface area contributed by atoms with Gasteiger partial charge in [-0.1, -0.05) is 37.5 Å². The van der Waals surface area contributed by atoms with Crippen LogP contribution in [0.2, 0.25) is 0 Å². The van der Waals surface area contributed by atoms with E-state index in [0.717, 1.165) is 44.3 Å². The molecule has 0 saturated carbocycles. The highest BCUT2D eigenvalue weighted by molar-refractivity contribution is 7.92. The lowest BCUT2D eigenvalue weighted by Gasteiger charge is -2.34. The molecule has 5 nitrogen and oxygen atoms in total. The van der Waals surface area contributed by atoms with Crippen LogP contribution < -0.4 is 4.31 Å². The number of nitrogens with zero attached hydrogens (tertiary/aromatic N) is 2. The molecule has 1 aliphatic heterocycles. The second-order valence-corrected chi connectivity index (χ2v) is 8.42. The van der Waals surface area contributed by atoms with Gasteiger partial charge in [-0.2, -0.15) is 0 Å². The molecule has 1 atom stereocenters. The van der Waals surface area contributed by atoms with Crippen LogP contribution in [0, 0.1) is 6.92 Å². The van der Waals surface area contributed by atoms with Crippen LogP contribution in [0.4, 0.5) is 5.69 Å². The Kier molecular flexibility index (Phi) is 6.27. The predicted molar refractivity (Wildman–Crippen MR) is 97.6 cm³/mol. The fourth-order valence-corrected chi connectivity index (χ4v) is 4.44. The third-order valence-electron chi connectivity index (χ3n) is 4.52. The molecule has 1 heterocycles. The van der Waals surface area contributed by atoms with Crippen molar-refractivity contribution in [2.24, 2.45) is 0 Å². The molecule has 0 unspecified atom stereocenters. The van der Waals surface area contributed by atoms with Gasteiger partial charge in [0.05, 0.1) is 11.9 Å². The number of aryl methyl sites for hydroxylation is 1. The van der Waals surface area contributed by atoms with Gasteiger partial charge < -0.3 is 4.90 Å². The molecule has 0 spiro atoms. The van der Waals surface area contributed by atoms with Crippen molar-refractivity contribution in [3.8, 4) is 0 Å². The van der Waals surface area contributed by atoms with Crippen LogP contribution in [0.1, 0.15) is 44.6 Å². The maximum absolute atomic E-state index is 13.0. The first kappa shape index (κ1) is 18.8. The maximum atomic E-state index is 13.0. The summed E-state index contributed by atoms with van der Waals surface area (Å²) in [7, 11) is -3.55. The van der Waals surface area contributed by atoms with Gasteiger partial charge in [0, 0.05) is 13.1 Å². The van der Waals surface area contributed by atoms with E-state index in [1.165, 1.54) is 10.6 Å². The Morgan fingerprint density at radius 1 is 1.12 bits per heavy atom. The molecule has 1 aromatic carbocycles. The van der Waals surface area contributed by atoms with Gasteiger partial charge in [-0.3, -0.25) is 9.10 Å². The average Bonchev–Trinajstić information content (AvgIpc) is 2.81. The van der Waals surface area contributed by atoms with Crippen molar-refractivity contribution in [2.75, 3.05) is 23.7 Å². The molecule has 2 rings (SSSR count). The maximum Gasteiger partial charge on any atom is 0.246 e. The molecule has 0 N–H and O–H groups in total. The molecule has 1 fully saturated rings. The third kappa shape index (κ3) is 4.50. The van der Waals surface area contributed by atoms with Gasteiger partial charge in [0.2, 0.25) is 15.9 Å². The molecule has 1 aliphatic rings. The summed E-state index contributed by atoms with van der Waals surface area (Å²) in [5.41, 5.74) is 1.61. The van der Waals surface area contributed by atoms with E-state index in [2.05, 4.69) is 0 Å². The second-order valence-electron chi connectivity index (χ2n) is 6.56. The Bertz CT molecular complexity index is 647. The SMILES string of the molecule is CC[C@@H](C(=O)N1CCCCCC1)N(c1ccc(C)cc1)S(C)(=O)=O. The summed E-state index contributed by atoms with van der Waals surface area (Å²) in [6, 6.07) is 6.61. The number of carbonyl (C=O) groups excluding carboxylic acids is 1. The summed E-state index contributed by atoms with van der Waals surface area (Å²) in [6.45, 7) is 5.27. The first-order valence-electron chi connectivity index (χ1n) is 8.69. The number of hydrogen-bond acceptors (Lipinski definition) is 3. The third-order valence-corrected chi connectivity index (χ3v) is 5.70. The van der Waals surface area contributed by atoms with Gasteiger partial charge in [-0.05, 0) is 38.3 Å². The average molecular weight is 353 g/mol. The second kappa shape index (κ2) is 8.01. The summed E-state index contributed by atoms with van der Waals surface area (Å²) >= 11 is 0. The standard InChI is InChI=1S/C18H28N2O3S/c1-4-17(18(21)19-13-7-5-6-8-14-19)20(24(3,22)23)16-11-9-15(2)10-12-16/h9-12,17H,4-8,13-14H2,1-3H3/t17-/m0/s1. The van der Waals surface area contributed by atoms with Crippen molar-refractivity contribution in [3.05, 3.63) is 29.8 Å². The highest BCUT2D eigenvalue weighted by atomic mass is 32.2. The van der Waals surface area contributed by atoms with Gasteiger partial charge in [0.25, 0.3) is 0 Å². The lowest BCUT2D eigenvalue weighted by Crippen LogP contribution is -2.51. The minimum atomic E-state index is -3.55. The van der Waals surface area contributed by atoms with Crippen LogP contribution >= 0.6 is 0 Å². The van der Waals surface area contributed by atoms with Crippen LogP contribution in [-0.2, 0) is 14.8 Å². The predicted octanol–water partition coefficient (Wildman–Crippen LogP) is 2.94. The summed E-state index contributed by atoms with van der Waals surface area (Å²) in [4.78, 5) is 14.9. The van der Waals surface area contributed by atoms with Gasteiger partial charge in [0.1, 0.15) is 6.04 Å². The Balaban J connectivity index is 2.34. The normalized spacial score (nSPS) is 17.2. The zero-order valence-corrected chi connectivity index (χ0v) is 15.7. The molecule has 24 heavy (non-hydrogen) atoms. The Morgan fingerprint density at radius 2 is 1.67 bits per heavy atom. The lowest BCUT2D eigenvalue weighted by molar-refractivity contribution is -0.132. The molecular formula is C18H28N2O3S. The number of rotatable bonds is 5. The Morgan fingerprint density at radius 3 is 2.12 bits per heavy atom. The van der Waals surface area contributed by atoms with E-state index in [1.807, 2.05) is 30.9 Å². The minimum Gasteiger partial charge on any atom is -0.341 e. The highest BCUT2D eigenvalue weighted by Crippen LogP contribution is 2.24. The fraction of sp³-hybridized carbons (Fsp3) is 0.611. The largest absolute Gasteiger partial charge is 0.341 e. The Hall–Kier alpha value is -1.56. The van der Waals surface area contributed by atoms with E-state index in [4.69, 9.17) is 0 Å². The molecule has 0 radical (unpaired) electrons. The van der Waals surface area contributed by atoms with E-state index in [-0.39, 0.29) is 5.91 Å². The number of hydrogen-bond donors (Lipinski definition) is 0. The van der Waals surface area contributed by atoms with E-state index >= 15 is 0 Å². The quantitative estimate of drug-likeness (QED) is 0.819. The number of likely N-dealkylation sites (tertiary alicyclic amines) is 1. The summed E-state index contributed by atoms with van der Waals surface area (Å²) in [5, 5.41) is 0. The first-order valence-corrected chi connectivity index (χ1v) is 10.5. The topological polar surface area (TPSA) is 57.7 Å². The van der Waals surface area contributed by atoms with Crippen molar-refractivity contribution in [3.63, 3.8) is 0 Å². The number of anilines is 1. The van der Waals surface area contributed by atoms with Crippen LogP contribution in [0.15, 0.2) is 24.3 Å². The first-order chi connectivity index (χ1) is 11.3. The monoisotopic (exact) mass is 352 g/mol. The van der Waals surface area contributed by atoms with E-state index in [0.29, 0.717) is 12.1 Å². The van der Waals surface area contributed by atoms with E-state index in [9.17, 15) is 13.2 Å². The van der Waals surface area contributed by atoms with E-state index < -0.39 is 16.1 Å². The summed E-state index contributed by atoms with van der Waals surface area (Å²) in [6.07, 6.45) is 5.88. The molecular weight excluding hydrogens is 324 g/mol. The number of sulfonamides is 1. The lowest BCUT2D eigenvalue weighted by atomic mass is 10.1. The van der Waals surface area contributed by atoms with Crippen molar-refractivity contribution in [2.45, 2.75) is 52.0 Å². The van der Waals surface area contributed by atoms with Crippen LogP contribution in [0.25, 0.3) is 0 Å². The number of carbonyl (C=O) groups is 1. The molecule has 0 aromatic heterocycles. The molecule has 1 aromatic rings. The van der Waals surface area contributed by atoms with Gasteiger partial charge in [-0.15, -0.1) is 0 Å². The van der Waals surface area contributed by atoms with Crippen molar-refractivity contribution >= 4 is 21.6 Å². The molecule has 1 saturated heterocycles. The fourth-order valence-electron chi connectivity index (χ4n) is 3.24. The highest BCUT2D eigenvalue weighted by Gasteiger charge is 2.34. The molecule has 0 bridgehead atoms. The summed E-state index contributed by atoms with van der Waals surface area (Å²) in [5.74, 6) is -0.0783. The van der Waals surface area contributed by atoms with Gasteiger partial charge >= 0.3 is 0 Å².